The summed E-state index contributed by atoms with van der Waals surface area (Å²) in [6, 6.07) is 28.5. The summed E-state index contributed by atoms with van der Waals surface area (Å²) in [5.41, 5.74) is 5.82. The van der Waals surface area contributed by atoms with Crippen molar-refractivity contribution in [2.45, 2.75) is 13.3 Å². The molecule has 27 heavy (non-hydrogen) atoms. The van der Waals surface area contributed by atoms with Crippen LogP contribution in [-0.2, 0) is 6.42 Å². The Balaban J connectivity index is 1.97. The van der Waals surface area contributed by atoms with Gasteiger partial charge in [0.1, 0.15) is 5.65 Å². The van der Waals surface area contributed by atoms with Crippen LogP contribution in [0.15, 0.2) is 78.9 Å². The molecule has 0 radical (unpaired) electrons. The van der Waals surface area contributed by atoms with Gasteiger partial charge >= 0.3 is 0 Å². The predicted molar refractivity (Wildman–Crippen MR) is 115 cm³/mol. The van der Waals surface area contributed by atoms with Gasteiger partial charge in [-0.15, -0.1) is 0 Å². The summed E-state index contributed by atoms with van der Waals surface area (Å²) >= 11 is 0. The fourth-order valence-corrected chi connectivity index (χ4v) is 4.31. The average Bonchev–Trinajstić information content (AvgIpc) is 3.12. The van der Waals surface area contributed by atoms with E-state index in [1.165, 1.54) is 38.0 Å². The Bertz CT molecular complexity index is 1510. The Kier molecular flexibility index (Phi) is 2.90. The van der Waals surface area contributed by atoms with Crippen molar-refractivity contribution in [2.24, 2.45) is 0 Å². The van der Waals surface area contributed by atoms with Gasteiger partial charge in [0.05, 0.1) is 16.6 Å². The number of para-hydroxylation sites is 2. The molecule has 6 aromatic rings. The predicted octanol–water partition coefficient (Wildman–Crippen LogP) is 6.51. The van der Waals surface area contributed by atoms with E-state index in [0.29, 0.717) is 0 Å². The van der Waals surface area contributed by atoms with Gasteiger partial charge < -0.3 is 0 Å². The Labute approximate surface area is 156 Å². The van der Waals surface area contributed by atoms with E-state index in [0.717, 1.165) is 23.1 Å². The summed E-state index contributed by atoms with van der Waals surface area (Å²) in [6.07, 6.45) is 1.04. The molecule has 0 saturated heterocycles. The van der Waals surface area contributed by atoms with Gasteiger partial charge in [-0.25, -0.2) is 4.98 Å². The second-order valence-electron chi connectivity index (χ2n) is 7.21. The average molecular weight is 346 g/mol. The molecule has 0 N–H and O–H groups in total. The van der Waals surface area contributed by atoms with Crippen molar-refractivity contribution >= 4 is 49.1 Å². The molecular weight excluding hydrogens is 328 g/mol. The number of aromatic nitrogens is 2. The fourth-order valence-electron chi connectivity index (χ4n) is 4.31. The molecule has 0 spiro atoms. The topological polar surface area (TPSA) is 17.3 Å². The van der Waals surface area contributed by atoms with E-state index in [9.17, 15) is 0 Å². The first-order valence-corrected chi connectivity index (χ1v) is 9.48. The first-order valence-electron chi connectivity index (χ1n) is 9.48. The molecule has 4 aromatic carbocycles. The second-order valence-corrected chi connectivity index (χ2v) is 7.21. The molecule has 2 heterocycles. The van der Waals surface area contributed by atoms with Gasteiger partial charge in [0.15, 0.2) is 0 Å². The first kappa shape index (κ1) is 14.7. The van der Waals surface area contributed by atoms with Crippen molar-refractivity contribution in [2.75, 3.05) is 0 Å². The lowest BCUT2D eigenvalue weighted by Gasteiger charge is -2.11. The van der Waals surface area contributed by atoms with Gasteiger partial charge in [0, 0.05) is 10.8 Å². The summed E-state index contributed by atoms with van der Waals surface area (Å²) < 4.78 is 2.32. The van der Waals surface area contributed by atoms with Crippen molar-refractivity contribution in [3.63, 3.8) is 0 Å². The van der Waals surface area contributed by atoms with Crippen LogP contribution in [0.5, 0.6) is 0 Å². The third-order valence-corrected chi connectivity index (χ3v) is 5.69. The van der Waals surface area contributed by atoms with Crippen LogP contribution < -0.4 is 0 Å². The fraction of sp³-hybridized carbons (Fsp3) is 0.0800. The molecule has 6 rings (SSSR count). The molecule has 0 aliphatic heterocycles. The minimum Gasteiger partial charge on any atom is -0.292 e. The van der Waals surface area contributed by atoms with Crippen LogP contribution in [0.3, 0.4) is 0 Å². The zero-order valence-corrected chi connectivity index (χ0v) is 15.1. The van der Waals surface area contributed by atoms with Crippen molar-refractivity contribution < 1.29 is 0 Å². The van der Waals surface area contributed by atoms with Gasteiger partial charge in [0.2, 0.25) is 0 Å². The summed E-state index contributed by atoms with van der Waals surface area (Å²) in [7, 11) is 0. The van der Waals surface area contributed by atoms with E-state index in [2.05, 4.69) is 90.2 Å². The molecule has 0 aliphatic rings. The van der Waals surface area contributed by atoms with Gasteiger partial charge in [-0.1, -0.05) is 49.4 Å². The van der Waals surface area contributed by atoms with Gasteiger partial charge in [0.25, 0.3) is 0 Å². The van der Waals surface area contributed by atoms with Gasteiger partial charge in [-0.2, -0.15) is 0 Å². The number of rotatable bonds is 1. The molecule has 0 fully saturated rings. The summed E-state index contributed by atoms with van der Waals surface area (Å²) in [4.78, 5) is 5.01. The lowest BCUT2D eigenvalue weighted by molar-refractivity contribution is 1.14. The third kappa shape index (κ3) is 1.98. The van der Waals surface area contributed by atoms with Crippen molar-refractivity contribution in [3.05, 3.63) is 84.4 Å². The minimum absolute atomic E-state index is 1.04. The Morgan fingerprint density at radius 2 is 1.44 bits per heavy atom. The molecule has 0 aliphatic carbocycles. The first-order chi connectivity index (χ1) is 13.3. The molecule has 2 nitrogen and oxygen atoms in total. The molecule has 0 amide bonds. The van der Waals surface area contributed by atoms with Crippen molar-refractivity contribution in [1.82, 2.24) is 9.38 Å². The zero-order valence-electron chi connectivity index (χ0n) is 15.1. The molecule has 0 bridgehead atoms. The van der Waals surface area contributed by atoms with Crippen LogP contribution in [0.25, 0.3) is 49.1 Å². The molecule has 2 heteroatoms. The van der Waals surface area contributed by atoms with Crippen LogP contribution in [0, 0.1) is 0 Å². The largest absolute Gasteiger partial charge is 0.292 e. The van der Waals surface area contributed by atoms with Gasteiger partial charge in [-0.3, -0.25) is 4.40 Å². The van der Waals surface area contributed by atoms with Crippen molar-refractivity contribution in [3.8, 4) is 0 Å². The van der Waals surface area contributed by atoms with E-state index < -0.39 is 0 Å². The Morgan fingerprint density at radius 1 is 0.704 bits per heavy atom. The highest BCUT2D eigenvalue weighted by Crippen LogP contribution is 2.35. The Hall–Kier alpha value is -3.39. The highest BCUT2D eigenvalue weighted by molar-refractivity contribution is 6.17. The van der Waals surface area contributed by atoms with E-state index >= 15 is 0 Å². The number of pyridine rings is 1. The van der Waals surface area contributed by atoms with Crippen LogP contribution in [0.1, 0.15) is 12.5 Å². The SMILES string of the molecule is CCc1ccc2c(c1)c1cc3ccccc3cc1c1nc3ccccc3n21. The smallest absolute Gasteiger partial charge is 0.146 e. The van der Waals surface area contributed by atoms with Crippen LogP contribution >= 0.6 is 0 Å². The molecule has 128 valence electrons. The number of aryl methyl sites for hydroxylation is 1. The zero-order chi connectivity index (χ0) is 18.0. The van der Waals surface area contributed by atoms with Crippen LogP contribution in [0.2, 0.25) is 0 Å². The maximum Gasteiger partial charge on any atom is 0.146 e. The van der Waals surface area contributed by atoms with E-state index in [4.69, 9.17) is 4.98 Å². The summed E-state index contributed by atoms with van der Waals surface area (Å²) in [5.74, 6) is 0. The highest BCUT2D eigenvalue weighted by atomic mass is 15.0. The number of hydrogen-bond acceptors (Lipinski definition) is 1. The standard InChI is InChI=1S/C25H18N2/c1-2-16-11-12-23-20(13-16)19-14-17-7-3-4-8-18(17)15-21(19)25-26-22-9-5-6-10-24(22)27(23)25/h3-15H,2H2,1H3. The molecule has 0 unspecified atom stereocenters. The van der Waals surface area contributed by atoms with E-state index in [1.54, 1.807) is 0 Å². The molecular formula is C25H18N2. The molecule has 2 aromatic heterocycles. The number of benzene rings is 4. The number of nitrogens with zero attached hydrogens (tertiary/aromatic N) is 2. The van der Waals surface area contributed by atoms with Crippen LogP contribution in [-0.4, -0.2) is 9.38 Å². The molecule has 0 saturated carbocycles. The minimum atomic E-state index is 1.04. The van der Waals surface area contributed by atoms with E-state index in [-0.39, 0.29) is 0 Å². The third-order valence-electron chi connectivity index (χ3n) is 5.69. The monoisotopic (exact) mass is 346 g/mol. The quantitative estimate of drug-likeness (QED) is 0.245. The van der Waals surface area contributed by atoms with Gasteiger partial charge in [-0.05, 0) is 64.5 Å². The summed E-state index contributed by atoms with van der Waals surface area (Å²) in [5, 5.41) is 6.32. The maximum atomic E-state index is 5.01. The van der Waals surface area contributed by atoms with Crippen molar-refractivity contribution in [1.29, 1.82) is 0 Å². The number of fused-ring (bicyclic) bond motifs is 9. The number of hydrogen-bond donors (Lipinski definition) is 0. The number of imidazole rings is 1. The lowest BCUT2D eigenvalue weighted by Crippen LogP contribution is -1.93. The molecule has 0 atom stereocenters. The Morgan fingerprint density at radius 3 is 2.26 bits per heavy atom. The van der Waals surface area contributed by atoms with E-state index in [1.807, 2.05) is 0 Å². The summed E-state index contributed by atoms with van der Waals surface area (Å²) in [6.45, 7) is 2.21. The second kappa shape index (κ2) is 5.31. The maximum absolute atomic E-state index is 5.01. The van der Waals surface area contributed by atoms with Crippen LogP contribution in [0.4, 0.5) is 0 Å². The lowest BCUT2D eigenvalue weighted by atomic mass is 9.99. The normalized spacial score (nSPS) is 12.0. The highest BCUT2D eigenvalue weighted by Gasteiger charge is 2.14.